The van der Waals surface area contributed by atoms with Gasteiger partial charge in [0.1, 0.15) is 0 Å². The Labute approximate surface area is 118 Å². The van der Waals surface area contributed by atoms with Crippen LogP contribution < -0.4 is 0 Å². The van der Waals surface area contributed by atoms with Gasteiger partial charge in [-0.25, -0.2) is 4.98 Å². The standard InChI is InChI=1S/C14H22N2O2S/c1-2-11-3-5-12(6-4-11)9-16-8-7-15-14(16)19-10-13(17)18/h7-8,11-12H,2-6,9-10H2,1H3,(H,17,18). The summed E-state index contributed by atoms with van der Waals surface area (Å²) < 4.78 is 2.12. The lowest BCUT2D eigenvalue weighted by molar-refractivity contribution is -0.133. The van der Waals surface area contributed by atoms with Crippen LogP contribution in [0.2, 0.25) is 0 Å². The maximum atomic E-state index is 10.6. The maximum Gasteiger partial charge on any atom is 0.313 e. The van der Waals surface area contributed by atoms with E-state index < -0.39 is 5.97 Å². The van der Waals surface area contributed by atoms with Crippen molar-refractivity contribution in [2.75, 3.05) is 5.75 Å². The Kier molecular flexibility index (Phi) is 5.31. The normalized spacial score (nSPS) is 23.4. The lowest BCUT2D eigenvalue weighted by atomic mass is 9.81. The second kappa shape index (κ2) is 6.98. The highest BCUT2D eigenvalue weighted by atomic mass is 32.2. The molecule has 0 unspecified atom stereocenters. The first kappa shape index (κ1) is 14.4. The second-order valence-electron chi connectivity index (χ2n) is 5.34. The van der Waals surface area contributed by atoms with Gasteiger partial charge in [0.25, 0.3) is 0 Å². The van der Waals surface area contributed by atoms with Crippen molar-refractivity contribution in [3.8, 4) is 0 Å². The molecule has 1 aromatic heterocycles. The van der Waals surface area contributed by atoms with E-state index in [1.807, 2.05) is 6.20 Å². The highest BCUT2D eigenvalue weighted by Crippen LogP contribution is 2.32. The molecule has 0 saturated heterocycles. The van der Waals surface area contributed by atoms with Crippen molar-refractivity contribution in [1.29, 1.82) is 0 Å². The Morgan fingerprint density at radius 2 is 2.11 bits per heavy atom. The molecule has 1 N–H and O–H groups in total. The maximum absolute atomic E-state index is 10.6. The third kappa shape index (κ3) is 4.27. The second-order valence-corrected chi connectivity index (χ2v) is 6.28. The fraction of sp³-hybridized carbons (Fsp3) is 0.714. The minimum absolute atomic E-state index is 0.0829. The lowest BCUT2D eigenvalue weighted by Crippen LogP contribution is -2.19. The molecule has 5 heteroatoms. The summed E-state index contributed by atoms with van der Waals surface area (Å²) in [5.41, 5.74) is 0. The number of nitrogens with zero attached hydrogens (tertiary/aromatic N) is 2. The Bertz CT molecular complexity index is 411. The number of hydrogen-bond donors (Lipinski definition) is 1. The molecule has 19 heavy (non-hydrogen) atoms. The van der Waals surface area contributed by atoms with E-state index in [9.17, 15) is 4.79 Å². The van der Waals surface area contributed by atoms with Gasteiger partial charge in [-0.15, -0.1) is 0 Å². The molecule has 2 rings (SSSR count). The van der Waals surface area contributed by atoms with E-state index in [2.05, 4.69) is 16.5 Å². The van der Waals surface area contributed by atoms with Gasteiger partial charge in [-0.1, -0.05) is 37.9 Å². The zero-order valence-electron chi connectivity index (χ0n) is 11.4. The average molecular weight is 282 g/mol. The number of carboxylic acids is 1. The fourth-order valence-electron chi connectivity index (χ4n) is 2.80. The van der Waals surface area contributed by atoms with E-state index in [1.165, 1.54) is 43.9 Å². The molecule has 0 amide bonds. The summed E-state index contributed by atoms with van der Waals surface area (Å²) in [4.78, 5) is 14.9. The van der Waals surface area contributed by atoms with Crippen molar-refractivity contribution in [2.24, 2.45) is 11.8 Å². The van der Waals surface area contributed by atoms with Crippen molar-refractivity contribution in [1.82, 2.24) is 9.55 Å². The quantitative estimate of drug-likeness (QED) is 0.814. The van der Waals surface area contributed by atoms with Gasteiger partial charge in [0.2, 0.25) is 0 Å². The SMILES string of the molecule is CCC1CCC(Cn2ccnc2SCC(=O)O)CC1. The van der Waals surface area contributed by atoms with Gasteiger partial charge in [-0.2, -0.15) is 0 Å². The lowest BCUT2D eigenvalue weighted by Gasteiger charge is -2.28. The molecule has 1 saturated carbocycles. The largest absolute Gasteiger partial charge is 0.481 e. The van der Waals surface area contributed by atoms with Gasteiger partial charge >= 0.3 is 5.97 Å². The van der Waals surface area contributed by atoms with Crippen LogP contribution in [0.1, 0.15) is 39.0 Å². The Morgan fingerprint density at radius 1 is 1.42 bits per heavy atom. The van der Waals surface area contributed by atoms with Gasteiger partial charge in [-0.05, 0) is 24.7 Å². The van der Waals surface area contributed by atoms with Crippen LogP contribution in [-0.4, -0.2) is 26.4 Å². The molecule has 0 atom stereocenters. The number of hydrogen-bond acceptors (Lipinski definition) is 3. The van der Waals surface area contributed by atoms with Gasteiger partial charge in [0, 0.05) is 18.9 Å². The highest BCUT2D eigenvalue weighted by Gasteiger charge is 2.21. The molecule has 1 heterocycles. The van der Waals surface area contributed by atoms with Gasteiger partial charge < -0.3 is 9.67 Å². The molecule has 0 aliphatic heterocycles. The van der Waals surface area contributed by atoms with Crippen molar-refractivity contribution in [3.63, 3.8) is 0 Å². The summed E-state index contributed by atoms with van der Waals surface area (Å²) in [5.74, 6) is 0.934. The highest BCUT2D eigenvalue weighted by molar-refractivity contribution is 7.99. The number of carbonyl (C=O) groups is 1. The van der Waals surface area contributed by atoms with Crippen molar-refractivity contribution in [3.05, 3.63) is 12.4 Å². The van der Waals surface area contributed by atoms with Crippen LogP contribution in [-0.2, 0) is 11.3 Å². The number of rotatable bonds is 6. The average Bonchev–Trinajstić information content (AvgIpc) is 2.84. The zero-order valence-corrected chi connectivity index (χ0v) is 12.2. The molecule has 0 aromatic carbocycles. The first-order valence-corrected chi connectivity index (χ1v) is 8.03. The smallest absolute Gasteiger partial charge is 0.313 e. The topological polar surface area (TPSA) is 55.1 Å². The number of aliphatic carboxylic acids is 1. The molecule has 0 radical (unpaired) electrons. The Hall–Kier alpha value is -0.970. The van der Waals surface area contributed by atoms with Crippen LogP contribution >= 0.6 is 11.8 Å². The third-order valence-electron chi connectivity index (χ3n) is 4.00. The molecule has 106 valence electrons. The number of imidazole rings is 1. The molecular weight excluding hydrogens is 260 g/mol. The first-order chi connectivity index (χ1) is 9.19. The summed E-state index contributed by atoms with van der Waals surface area (Å²) in [7, 11) is 0. The van der Waals surface area contributed by atoms with Crippen molar-refractivity contribution in [2.45, 2.75) is 50.7 Å². The summed E-state index contributed by atoms with van der Waals surface area (Å²) in [5, 5.41) is 9.56. The van der Waals surface area contributed by atoms with Crippen LogP contribution in [0.3, 0.4) is 0 Å². The molecule has 1 aliphatic rings. The molecule has 1 aromatic rings. The van der Waals surface area contributed by atoms with Crippen molar-refractivity contribution < 1.29 is 9.90 Å². The van der Waals surface area contributed by atoms with Crippen LogP contribution in [0, 0.1) is 11.8 Å². The first-order valence-electron chi connectivity index (χ1n) is 7.04. The molecule has 4 nitrogen and oxygen atoms in total. The summed E-state index contributed by atoms with van der Waals surface area (Å²) in [6.07, 6.45) is 10.3. The zero-order chi connectivity index (χ0) is 13.7. The van der Waals surface area contributed by atoms with E-state index in [0.717, 1.165) is 23.5 Å². The van der Waals surface area contributed by atoms with Crippen LogP contribution in [0.4, 0.5) is 0 Å². The number of thioether (sulfide) groups is 1. The monoisotopic (exact) mass is 282 g/mol. The minimum atomic E-state index is -0.789. The Balaban J connectivity index is 1.86. The van der Waals surface area contributed by atoms with Gasteiger partial charge in [0.15, 0.2) is 5.16 Å². The van der Waals surface area contributed by atoms with E-state index in [-0.39, 0.29) is 5.75 Å². The molecule has 0 bridgehead atoms. The van der Waals surface area contributed by atoms with Crippen LogP contribution in [0.25, 0.3) is 0 Å². The van der Waals surface area contributed by atoms with E-state index in [0.29, 0.717) is 0 Å². The predicted molar refractivity (Wildman–Crippen MR) is 76.3 cm³/mol. The van der Waals surface area contributed by atoms with E-state index in [1.54, 1.807) is 6.20 Å². The summed E-state index contributed by atoms with van der Waals surface area (Å²) in [6.45, 7) is 3.26. The minimum Gasteiger partial charge on any atom is -0.481 e. The molecule has 1 fully saturated rings. The van der Waals surface area contributed by atoms with Crippen LogP contribution in [0.5, 0.6) is 0 Å². The molecule has 1 aliphatic carbocycles. The van der Waals surface area contributed by atoms with E-state index in [4.69, 9.17) is 5.11 Å². The Morgan fingerprint density at radius 3 is 2.74 bits per heavy atom. The number of carboxylic acid groups (broad SMARTS) is 1. The summed E-state index contributed by atoms with van der Waals surface area (Å²) in [6, 6.07) is 0. The molecule has 0 spiro atoms. The van der Waals surface area contributed by atoms with Gasteiger partial charge in [0.05, 0.1) is 5.75 Å². The summed E-state index contributed by atoms with van der Waals surface area (Å²) >= 11 is 1.31. The van der Waals surface area contributed by atoms with Crippen LogP contribution in [0.15, 0.2) is 17.6 Å². The number of aromatic nitrogens is 2. The third-order valence-corrected chi connectivity index (χ3v) is 4.99. The van der Waals surface area contributed by atoms with E-state index >= 15 is 0 Å². The van der Waals surface area contributed by atoms with Crippen molar-refractivity contribution >= 4 is 17.7 Å². The molecular formula is C14H22N2O2S. The van der Waals surface area contributed by atoms with Gasteiger partial charge in [-0.3, -0.25) is 4.79 Å². The predicted octanol–water partition coefficient (Wildman–Crippen LogP) is 3.28. The fourth-order valence-corrected chi connectivity index (χ4v) is 3.49.